The molecule has 2 atom stereocenters. The Kier molecular flexibility index (Phi) is 4.69. The van der Waals surface area contributed by atoms with E-state index >= 15 is 0 Å². The fraction of sp³-hybridized carbons (Fsp3) is 0.538. The second-order valence-electron chi connectivity index (χ2n) is 5.26. The van der Waals surface area contributed by atoms with Crippen molar-refractivity contribution >= 4 is 10.0 Å². The van der Waals surface area contributed by atoms with Crippen molar-refractivity contribution in [3.63, 3.8) is 0 Å². The third-order valence-electron chi connectivity index (χ3n) is 3.66. The second kappa shape index (κ2) is 6.05. The van der Waals surface area contributed by atoms with E-state index in [-0.39, 0.29) is 36.4 Å². The minimum absolute atomic E-state index is 0.0209. The monoisotopic (exact) mass is 339 g/mol. The molecule has 1 aliphatic heterocycles. The van der Waals surface area contributed by atoms with Gasteiger partial charge < -0.3 is 9.84 Å². The summed E-state index contributed by atoms with van der Waals surface area (Å²) in [6, 6.07) is 4.08. The van der Waals surface area contributed by atoms with Gasteiger partial charge >= 0.3 is 6.36 Å². The first-order valence-electron chi connectivity index (χ1n) is 6.60. The Balaban J connectivity index is 2.17. The number of benzene rings is 1. The SMILES string of the molecule is C[C@@H]1CN(S(=O)(=O)c2ccc(OC(F)(F)F)cc2)C[C@H]1CO. The minimum atomic E-state index is -4.82. The number of ether oxygens (including phenoxy) is 1. The van der Waals surface area contributed by atoms with Crippen LogP contribution in [0.25, 0.3) is 0 Å². The van der Waals surface area contributed by atoms with Gasteiger partial charge in [0.15, 0.2) is 0 Å². The Hall–Kier alpha value is -1.32. The van der Waals surface area contributed by atoms with Gasteiger partial charge in [-0.15, -0.1) is 13.2 Å². The molecule has 0 amide bonds. The smallest absolute Gasteiger partial charge is 0.406 e. The molecule has 0 saturated carbocycles. The predicted molar refractivity (Wildman–Crippen MR) is 71.6 cm³/mol. The molecule has 1 fully saturated rings. The van der Waals surface area contributed by atoms with Gasteiger partial charge in [-0.2, -0.15) is 4.31 Å². The lowest BCUT2D eigenvalue weighted by atomic mass is 10.00. The molecule has 2 rings (SSSR count). The lowest BCUT2D eigenvalue weighted by molar-refractivity contribution is -0.274. The van der Waals surface area contributed by atoms with E-state index in [9.17, 15) is 26.7 Å². The summed E-state index contributed by atoms with van der Waals surface area (Å²) in [4.78, 5) is -0.104. The Labute approximate surface area is 126 Å². The van der Waals surface area contributed by atoms with Gasteiger partial charge in [-0.05, 0) is 36.1 Å². The van der Waals surface area contributed by atoms with E-state index in [0.29, 0.717) is 0 Å². The summed E-state index contributed by atoms with van der Waals surface area (Å²) in [5, 5.41) is 9.19. The van der Waals surface area contributed by atoms with Gasteiger partial charge in [-0.3, -0.25) is 0 Å². The normalized spacial score (nSPS) is 23.7. The van der Waals surface area contributed by atoms with Crippen LogP contribution >= 0.6 is 0 Å². The van der Waals surface area contributed by atoms with Crippen molar-refractivity contribution in [3.8, 4) is 5.75 Å². The van der Waals surface area contributed by atoms with Crippen molar-refractivity contribution in [1.29, 1.82) is 0 Å². The van der Waals surface area contributed by atoms with E-state index in [4.69, 9.17) is 0 Å². The molecule has 0 aliphatic carbocycles. The van der Waals surface area contributed by atoms with Crippen LogP contribution in [0.5, 0.6) is 5.75 Å². The van der Waals surface area contributed by atoms with Gasteiger partial charge in [0.25, 0.3) is 0 Å². The highest BCUT2D eigenvalue weighted by Gasteiger charge is 2.37. The standard InChI is InChI=1S/C13H16F3NO4S/c1-9-6-17(7-10(9)8-18)22(19,20)12-4-2-11(3-5-12)21-13(14,15)16/h2-5,9-10,18H,6-8H2,1H3/t9-,10+/m1/s1. The molecule has 1 heterocycles. The highest BCUT2D eigenvalue weighted by Crippen LogP contribution is 2.29. The van der Waals surface area contributed by atoms with Gasteiger partial charge in [0, 0.05) is 19.7 Å². The van der Waals surface area contributed by atoms with Crippen molar-refractivity contribution in [2.24, 2.45) is 11.8 Å². The maximum absolute atomic E-state index is 12.4. The Morgan fingerprint density at radius 1 is 1.27 bits per heavy atom. The van der Waals surface area contributed by atoms with E-state index < -0.39 is 22.1 Å². The molecule has 0 bridgehead atoms. The van der Waals surface area contributed by atoms with Gasteiger partial charge in [0.05, 0.1) is 4.90 Å². The summed E-state index contributed by atoms with van der Waals surface area (Å²) in [6.07, 6.45) is -4.82. The summed E-state index contributed by atoms with van der Waals surface area (Å²) in [7, 11) is -3.79. The van der Waals surface area contributed by atoms with Gasteiger partial charge in [0.2, 0.25) is 10.0 Å². The zero-order chi connectivity index (χ0) is 16.5. The highest BCUT2D eigenvalue weighted by atomic mass is 32.2. The summed E-state index contributed by atoms with van der Waals surface area (Å²) >= 11 is 0. The van der Waals surface area contributed by atoms with Crippen LogP contribution in [0.1, 0.15) is 6.92 Å². The van der Waals surface area contributed by atoms with Crippen LogP contribution in [0, 0.1) is 11.8 Å². The molecule has 0 unspecified atom stereocenters. The number of sulfonamides is 1. The van der Waals surface area contributed by atoms with E-state index in [2.05, 4.69) is 4.74 Å². The average Bonchev–Trinajstić information content (AvgIpc) is 2.79. The third-order valence-corrected chi connectivity index (χ3v) is 5.51. The molecule has 9 heteroatoms. The summed E-state index contributed by atoms with van der Waals surface area (Å²) < 4.78 is 66.0. The second-order valence-corrected chi connectivity index (χ2v) is 7.20. The molecular formula is C13H16F3NO4S. The molecule has 1 saturated heterocycles. The first kappa shape index (κ1) is 17.0. The van der Waals surface area contributed by atoms with E-state index in [0.717, 1.165) is 24.3 Å². The van der Waals surface area contributed by atoms with Crippen LogP contribution in [-0.2, 0) is 10.0 Å². The van der Waals surface area contributed by atoms with Crippen LogP contribution in [0.2, 0.25) is 0 Å². The number of rotatable bonds is 4. The number of halogens is 3. The van der Waals surface area contributed by atoms with Crippen LogP contribution in [-0.4, -0.2) is 43.9 Å². The number of alkyl halides is 3. The zero-order valence-corrected chi connectivity index (χ0v) is 12.6. The van der Waals surface area contributed by atoms with Gasteiger partial charge in [-0.25, -0.2) is 8.42 Å². The quantitative estimate of drug-likeness (QED) is 0.909. The number of nitrogens with zero attached hydrogens (tertiary/aromatic N) is 1. The van der Waals surface area contributed by atoms with Crippen LogP contribution in [0.4, 0.5) is 13.2 Å². The maximum atomic E-state index is 12.4. The topological polar surface area (TPSA) is 66.8 Å². The molecular weight excluding hydrogens is 323 g/mol. The van der Waals surface area contributed by atoms with Crippen LogP contribution in [0.15, 0.2) is 29.2 Å². The molecule has 1 aromatic carbocycles. The van der Waals surface area contributed by atoms with Gasteiger partial charge in [-0.1, -0.05) is 6.92 Å². The molecule has 1 aliphatic rings. The Morgan fingerprint density at radius 3 is 2.32 bits per heavy atom. The average molecular weight is 339 g/mol. The molecule has 22 heavy (non-hydrogen) atoms. The summed E-state index contributed by atoms with van der Waals surface area (Å²) in [6.45, 7) is 2.21. The Morgan fingerprint density at radius 2 is 1.86 bits per heavy atom. The molecule has 5 nitrogen and oxygen atoms in total. The molecule has 1 N–H and O–H groups in total. The largest absolute Gasteiger partial charge is 0.573 e. The highest BCUT2D eigenvalue weighted by molar-refractivity contribution is 7.89. The Bertz CT molecular complexity index is 615. The number of hydrogen-bond acceptors (Lipinski definition) is 4. The number of aliphatic hydroxyl groups excluding tert-OH is 1. The van der Waals surface area contributed by atoms with Crippen LogP contribution in [0.3, 0.4) is 0 Å². The maximum Gasteiger partial charge on any atom is 0.573 e. The van der Waals surface area contributed by atoms with Crippen molar-refractivity contribution < 1.29 is 31.4 Å². The van der Waals surface area contributed by atoms with Crippen molar-refractivity contribution in [2.45, 2.75) is 18.2 Å². The van der Waals surface area contributed by atoms with E-state index in [1.165, 1.54) is 4.31 Å². The molecule has 0 aromatic heterocycles. The fourth-order valence-electron chi connectivity index (χ4n) is 2.38. The van der Waals surface area contributed by atoms with E-state index in [1.54, 1.807) is 0 Å². The van der Waals surface area contributed by atoms with Gasteiger partial charge in [0.1, 0.15) is 5.75 Å². The van der Waals surface area contributed by atoms with Crippen molar-refractivity contribution in [3.05, 3.63) is 24.3 Å². The fourth-order valence-corrected chi connectivity index (χ4v) is 3.98. The molecule has 0 radical (unpaired) electrons. The first-order chi connectivity index (χ1) is 10.1. The van der Waals surface area contributed by atoms with Crippen molar-refractivity contribution in [2.75, 3.05) is 19.7 Å². The summed E-state index contributed by atoms with van der Waals surface area (Å²) in [5.41, 5.74) is 0. The van der Waals surface area contributed by atoms with Crippen LogP contribution < -0.4 is 4.74 Å². The lowest BCUT2D eigenvalue weighted by Gasteiger charge is -2.16. The third kappa shape index (κ3) is 3.71. The number of hydrogen-bond donors (Lipinski definition) is 1. The molecule has 1 aromatic rings. The summed E-state index contributed by atoms with van der Waals surface area (Å²) in [5.74, 6) is -0.593. The number of aliphatic hydroxyl groups is 1. The first-order valence-corrected chi connectivity index (χ1v) is 8.04. The molecule has 0 spiro atoms. The molecule has 124 valence electrons. The predicted octanol–water partition coefficient (Wildman–Crippen LogP) is 1.83. The van der Waals surface area contributed by atoms with Crippen molar-refractivity contribution in [1.82, 2.24) is 4.31 Å². The van der Waals surface area contributed by atoms with E-state index in [1.807, 2.05) is 6.92 Å². The zero-order valence-electron chi connectivity index (χ0n) is 11.7. The minimum Gasteiger partial charge on any atom is -0.406 e. The lowest BCUT2D eigenvalue weighted by Crippen LogP contribution is -2.29.